The Balaban J connectivity index is 2.87. The van der Waals surface area contributed by atoms with Gasteiger partial charge in [-0.25, -0.2) is 0 Å². The number of hydrogen-bond donors (Lipinski definition) is 0. The highest BCUT2D eigenvalue weighted by Crippen LogP contribution is 2.12. The smallest absolute Gasteiger partial charge is 0.367 e. The second kappa shape index (κ2) is 5.47. The summed E-state index contributed by atoms with van der Waals surface area (Å²) in [6, 6.07) is 3.87. The standard InChI is InChI=1S/C11H18NO2/c1-4-12-9-10(13-5-2)7-8-11(12)14-6-3/h7-9H,4-6H2,1-3H3/q+1. The summed E-state index contributed by atoms with van der Waals surface area (Å²) in [7, 11) is 0. The Labute approximate surface area is 85.3 Å². The molecular formula is C11H18NO2+. The quantitative estimate of drug-likeness (QED) is 0.670. The van der Waals surface area contributed by atoms with Crippen molar-refractivity contribution in [1.29, 1.82) is 0 Å². The molecule has 0 aliphatic carbocycles. The Bertz CT molecular complexity index is 287. The van der Waals surface area contributed by atoms with Crippen molar-refractivity contribution in [2.45, 2.75) is 27.3 Å². The van der Waals surface area contributed by atoms with Gasteiger partial charge in [0.15, 0.2) is 5.75 Å². The third-order valence-electron chi connectivity index (χ3n) is 1.90. The Morgan fingerprint density at radius 3 is 2.36 bits per heavy atom. The number of ether oxygens (including phenoxy) is 2. The first-order valence-corrected chi connectivity index (χ1v) is 5.10. The summed E-state index contributed by atoms with van der Waals surface area (Å²) >= 11 is 0. The van der Waals surface area contributed by atoms with Crippen LogP contribution in [0, 0.1) is 0 Å². The molecular weight excluding hydrogens is 178 g/mol. The summed E-state index contributed by atoms with van der Waals surface area (Å²) < 4.78 is 12.9. The molecule has 0 aliphatic rings. The van der Waals surface area contributed by atoms with Crippen LogP contribution in [0.15, 0.2) is 18.3 Å². The van der Waals surface area contributed by atoms with Gasteiger partial charge in [0, 0.05) is 0 Å². The zero-order valence-electron chi connectivity index (χ0n) is 9.12. The number of aryl methyl sites for hydroxylation is 1. The number of aromatic nitrogens is 1. The number of nitrogens with zero attached hydrogens (tertiary/aromatic N) is 1. The van der Waals surface area contributed by atoms with Crippen LogP contribution in [0.25, 0.3) is 0 Å². The van der Waals surface area contributed by atoms with Gasteiger partial charge in [0.2, 0.25) is 6.20 Å². The van der Waals surface area contributed by atoms with Crippen LogP contribution in [0.2, 0.25) is 0 Å². The van der Waals surface area contributed by atoms with Crippen LogP contribution in [0.5, 0.6) is 11.6 Å². The minimum absolute atomic E-state index is 0.688. The molecule has 0 N–H and O–H groups in total. The van der Waals surface area contributed by atoms with E-state index in [0.717, 1.165) is 18.2 Å². The first-order valence-electron chi connectivity index (χ1n) is 5.10. The van der Waals surface area contributed by atoms with Crippen molar-refractivity contribution in [3.05, 3.63) is 18.3 Å². The number of pyridine rings is 1. The second-order valence-corrected chi connectivity index (χ2v) is 2.86. The van der Waals surface area contributed by atoms with E-state index < -0.39 is 0 Å². The third-order valence-corrected chi connectivity index (χ3v) is 1.90. The monoisotopic (exact) mass is 196 g/mol. The van der Waals surface area contributed by atoms with Crippen LogP contribution >= 0.6 is 0 Å². The molecule has 0 aromatic carbocycles. The highest BCUT2D eigenvalue weighted by atomic mass is 16.5. The summed E-state index contributed by atoms with van der Waals surface area (Å²) in [6.45, 7) is 8.31. The maximum Gasteiger partial charge on any atom is 0.367 e. The van der Waals surface area contributed by atoms with E-state index in [1.807, 2.05) is 36.7 Å². The Morgan fingerprint density at radius 2 is 1.79 bits per heavy atom. The molecule has 0 radical (unpaired) electrons. The molecule has 14 heavy (non-hydrogen) atoms. The predicted octanol–water partition coefficient (Wildman–Crippen LogP) is 1.79. The fraction of sp³-hybridized carbons (Fsp3) is 0.545. The average Bonchev–Trinajstić information content (AvgIpc) is 2.21. The molecule has 0 unspecified atom stereocenters. The fourth-order valence-electron chi connectivity index (χ4n) is 1.29. The summed E-state index contributed by atoms with van der Waals surface area (Å²) in [5, 5.41) is 0. The van der Waals surface area contributed by atoms with Gasteiger partial charge in [-0.1, -0.05) is 0 Å². The van der Waals surface area contributed by atoms with E-state index in [0.29, 0.717) is 13.2 Å². The lowest BCUT2D eigenvalue weighted by Gasteiger charge is -2.05. The van der Waals surface area contributed by atoms with Crippen LogP contribution in [0.1, 0.15) is 20.8 Å². The molecule has 1 aromatic heterocycles. The van der Waals surface area contributed by atoms with Gasteiger partial charge in [-0.15, -0.1) is 0 Å². The molecule has 0 atom stereocenters. The SMILES string of the molecule is CCOc1ccc(OCC)[n+](CC)c1. The van der Waals surface area contributed by atoms with Gasteiger partial charge in [0.25, 0.3) is 0 Å². The molecule has 3 heteroatoms. The van der Waals surface area contributed by atoms with E-state index in [1.165, 1.54) is 0 Å². The molecule has 0 bridgehead atoms. The second-order valence-electron chi connectivity index (χ2n) is 2.86. The Morgan fingerprint density at radius 1 is 1.07 bits per heavy atom. The van der Waals surface area contributed by atoms with Gasteiger partial charge < -0.3 is 9.47 Å². The highest BCUT2D eigenvalue weighted by molar-refractivity contribution is 5.18. The van der Waals surface area contributed by atoms with Crippen molar-refractivity contribution in [1.82, 2.24) is 0 Å². The normalized spacial score (nSPS) is 9.93. The molecule has 0 amide bonds. The first kappa shape index (κ1) is 10.8. The van der Waals surface area contributed by atoms with E-state index in [-0.39, 0.29) is 0 Å². The molecule has 1 aromatic rings. The fourth-order valence-corrected chi connectivity index (χ4v) is 1.29. The van der Waals surface area contributed by atoms with Gasteiger partial charge in [-0.05, 0) is 26.8 Å². The van der Waals surface area contributed by atoms with Crippen LogP contribution in [0.3, 0.4) is 0 Å². The zero-order valence-corrected chi connectivity index (χ0v) is 9.12. The predicted molar refractivity (Wildman–Crippen MR) is 54.6 cm³/mol. The third kappa shape index (κ3) is 2.62. The van der Waals surface area contributed by atoms with E-state index in [4.69, 9.17) is 9.47 Å². The largest absolute Gasteiger partial charge is 0.488 e. The van der Waals surface area contributed by atoms with Crippen molar-refractivity contribution < 1.29 is 14.0 Å². The minimum atomic E-state index is 0.688. The molecule has 1 heterocycles. The van der Waals surface area contributed by atoms with Crippen molar-refractivity contribution >= 4 is 0 Å². The van der Waals surface area contributed by atoms with Gasteiger partial charge in [-0.2, -0.15) is 4.57 Å². The highest BCUT2D eigenvalue weighted by Gasteiger charge is 2.10. The number of hydrogen-bond acceptors (Lipinski definition) is 2. The topological polar surface area (TPSA) is 22.3 Å². The van der Waals surface area contributed by atoms with Crippen molar-refractivity contribution in [3.63, 3.8) is 0 Å². The molecule has 3 nitrogen and oxygen atoms in total. The average molecular weight is 196 g/mol. The van der Waals surface area contributed by atoms with E-state index >= 15 is 0 Å². The van der Waals surface area contributed by atoms with Crippen LogP contribution in [-0.4, -0.2) is 13.2 Å². The molecule has 0 fully saturated rings. The Kier molecular flexibility index (Phi) is 4.23. The molecule has 78 valence electrons. The number of rotatable bonds is 5. The van der Waals surface area contributed by atoms with E-state index in [9.17, 15) is 0 Å². The van der Waals surface area contributed by atoms with Crippen molar-refractivity contribution in [2.24, 2.45) is 0 Å². The van der Waals surface area contributed by atoms with Crippen LogP contribution < -0.4 is 14.0 Å². The minimum Gasteiger partial charge on any atom is -0.488 e. The van der Waals surface area contributed by atoms with Crippen molar-refractivity contribution in [2.75, 3.05) is 13.2 Å². The van der Waals surface area contributed by atoms with Gasteiger partial charge >= 0.3 is 5.88 Å². The van der Waals surface area contributed by atoms with E-state index in [2.05, 4.69) is 6.92 Å². The summed E-state index contributed by atoms with van der Waals surface area (Å²) in [4.78, 5) is 0. The maximum absolute atomic E-state index is 5.47. The lowest BCUT2D eigenvalue weighted by atomic mass is 10.4. The van der Waals surface area contributed by atoms with Gasteiger partial charge in [0.05, 0.1) is 19.3 Å². The molecule has 0 saturated heterocycles. The Hall–Kier alpha value is -1.25. The maximum atomic E-state index is 5.47. The summed E-state index contributed by atoms with van der Waals surface area (Å²) in [6.07, 6.45) is 1.97. The lowest BCUT2D eigenvalue weighted by Crippen LogP contribution is -2.34. The van der Waals surface area contributed by atoms with Gasteiger partial charge in [0.1, 0.15) is 6.54 Å². The summed E-state index contributed by atoms with van der Waals surface area (Å²) in [5.74, 6) is 1.77. The lowest BCUT2D eigenvalue weighted by molar-refractivity contribution is -0.698. The molecule has 0 spiro atoms. The molecule has 0 saturated carbocycles. The van der Waals surface area contributed by atoms with Gasteiger partial charge in [-0.3, -0.25) is 0 Å². The first-order chi connectivity index (χ1) is 6.81. The van der Waals surface area contributed by atoms with Crippen LogP contribution in [-0.2, 0) is 6.54 Å². The summed E-state index contributed by atoms with van der Waals surface area (Å²) in [5.41, 5.74) is 0. The zero-order chi connectivity index (χ0) is 10.4. The van der Waals surface area contributed by atoms with E-state index in [1.54, 1.807) is 0 Å². The van der Waals surface area contributed by atoms with Crippen molar-refractivity contribution in [3.8, 4) is 11.6 Å². The molecule has 0 aliphatic heterocycles. The molecule has 1 rings (SSSR count). The van der Waals surface area contributed by atoms with Crippen LogP contribution in [0.4, 0.5) is 0 Å².